The van der Waals surface area contributed by atoms with Gasteiger partial charge in [-0.15, -0.1) is 0 Å². The van der Waals surface area contributed by atoms with Crippen LogP contribution in [0.1, 0.15) is 43.0 Å². The number of nitrogens with one attached hydrogen (secondary N) is 1. The van der Waals surface area contributed by atoms with E-state index in [0.717, 1.165) is 6.54 Å². The van der Waals surface area contributed by atoms with Gasteiger partial charge in [0.1, 0.15) is 11.4 Å². The van der Waals surface area contributed by atoms with Gasteiger partial charge >= 0.3 is 5.97 Å². The predicted molar refractivity (Wildman–Crippen MR) is 66.3 cm³/mol. The lowest BCUT2D eigenvalue weighted by Crippen LogP contribution is -2.24. The molecule has 92 valence electrons. The minimum absolute atomic E-state index is 0.245. The molecule has 1 heterocycles. The van der Waals surface area contributed by atoms with Crippen LogP contribution < -0.4 is 5.32 Å². The summed E-state index contributed by atoms with van der Waals surface area (Å²) in [6, 6.07) is 3.22. The highest BCUT2D eigenvalue weighted by Gasteiger charge is 2.28. The summed E-state index contributed by atoms with van der Waals surface area (Å²) in [4.78, 5) is 15.1. The molecule has 4 nitrogen and oxygen atoms in total. The first-order chi connectivity index (χ1) is 8.11. The van der Waals surface area contributed by atoms with Crippen LogP contribution in [-0.4, -0.2) is 22.6 Å². The predicted octanol–water partition coefficient (Wildman–Crippen LogP) is 2.77. The van der Waals surface area contributed by atoms with Crippen LogP contribution in [0.4, 0.5) is 5.82 Å². The standard InChI is InChI=1S/C13H18N2O2/c1-13(6-2-3-7-13)9-15-11-10(12(16)17)5-4-8-14-11/h4-5,8H,2-3,6-7,9H2,1H3,(H,14,15)(H,16,17). The van der Waals surface area contributed by atoms with Crippen molar-refractivity contribution in [2.24, 2.45) is 5.41 Å². The Balaban J connectivity index is 2.06. The molecular formula is C13H18N2O2. The molecule has 1 aromatic heterocycles. The molecule has 4 heteroatoms. The molecule has 0 spiro atoms. The van der Waals surface area contributed by atoms with Gasteiger partial charge in [-0.1, -0.05) is 19.8 Å². The summed E-state index contributed by atoms with van der Waals surface area (Å²) in [6.07, 6.45) is 6.56. The third kappa shape index (κ3) is 2.75. The molecule has 0 saturated heterocycles. The molecule has 1 aromatic rings. The van der Waals surface area contributed by atoms with Crippen molar-refractivity contribution in [1.29, 1.82) is 0 Å². The molecule has 2 rings (SSSR count). The Morgan fingerprint density at radius 2 is 2.24 bits per heavy atom. The Labute approximate surface area is 101 Å². The number of rotatable bonds is 4. The minimum Gasteiger partial charge on any atom is -0.478 e. The Morgan fingerprint density at radius 3 is 2.88 bits per heavy atom. The second-order valence-corrected chi connectivity index (χ2v) is 5.08. The molecule has 0 amide bonds. The van der Waals surface area contributed by atoms with Crippen molar-refractivity contribution in [3.05, 3.63) is 23.9 Å². The van der Waals surface area contributed by atoms with Gasteiger partial charge < -0.3 is 10.4 Å². The first-order valence-electron chi connectivity index (χ1n) is 6.03. The zero-order chi connectivity index (χ0) is 12.3. The summed E-state index contributed by atoms with van der Waals surface area (Å²) < 4.78 is 0. The summed E-state index contributed by atoms with van der Waals surface area (Å²) in [5, 5.41) is 12.2. The van der Waals surface area contributed by atoms with Gasteiger partial charge in [0.05, 0.1) is 0 Å². The average molecular weight is 234 g/mol. The number of carboxylic acids is 1. The molecule has 2 N–H and O–H groups in total. The molecule has 0 aromatic carbocycles. The molecule has 0 bridgehead atoms. The molecule has 1 saturated carbocycles. The van der Waals surface area contributed by atoms with Gasteiger partial charge in [0.25, 0.3) is 0 Å². The molecule has 0 radical (unpaired) electrons. The number of anilines is 1. The van der Waals surface area contributed by atoms with E-state index in [1.165, 1.54) is 25.7 Å². The third-order valence-corrected chi connectivity index (χ3v) is 3.53. The maximum Gasteiger partial charge on any atom is 0.339 e. The zero-order valence-corrected chi connectivity index (χ0v) is 10.1. The van der Waals surface area contributed by atoms with E-state index in [1.54, 1.807) is 18.3 Å². The summed E-state index contributed by atoms with van der Waals surface area (Å²) >= 11 is 0. The van der Waals surface area contributed by atoms with Gasteiger partial charge in [-0.3, -0.25) is 0 Å². The van der Waals surface area contributed by atoms with Gasteiger partial charge in [-0.25, -0.2) is 9.78 Å². The normalized spacial score (nSPS) is 17.9. The first kappa shape index (κ1) is 11.9. The van der Waals surface area contributed by atoms with Gasteiger partial charge in [-0.2, -0.15) is 0 Å². The van der Waals surface area contributed by atoms with E-state index in [4.69, 9.17) is 5.11 Å². The van der Waals surface area contributed by atoms with E-state index >= 15 is 0 Å². The highest BCUT2D eigenvalue weighted by Crippen LogP contribution is 2.37. The Hall–Kier alpha value is -1.58. The largest absolute Gasteiger partial charge is 0.478 e. The topological polar surface area (TPSA) is 62.2 Å². The van der Waals surface area contributed by atoms with Crippen LogP contribution in [0.3, 0.4) is 0 Å². The van der Waals surface area contributed by atoms with E-state index in [2.05, 4.69) is 17.2 Å². The highest BCUT2D eigenvalue weighted by molar-refractivity contribution is 5.92. The molecule has 0 unspecified atom stereocenters. The number of aromatic nitrogens is 1. The van der Waals surface area contributed by atoms with Crippen molar-refractivity contribution in [3.63, 3.8) is 0 Å². The van der Waals surface area contributed by atoms with Gasteiger partial charge in [0.2, 0.25) is 0 Å². The quantitative estimate of drug-likeness (QED) is 0.840. The Bertz CT molecular complexity index is 412. The maximum absolute atomic E-state index is 11.0. The maximum atomic E-state index is 11.0. The van der Waals surface area contributed by atoms with Crippen LogP contribution in [-0.2, 0) is 0 Å². The van der Waals surface area contributed by atoms with Crippen LogP contribution in [0.5, 0.6) is 0 Å². The fraction of sp³-hybridized carbons (Fsp3) is 0.538. The second-order valence-electron chi connectivity index (χ2n) is 5.08. The van der Waals surface area contributed by atoms with E-state index in [1.807, 2.05) is 0 Å². The number of carbonyl (C=O) groups is 1. The summed E-state index contributed by atoms with van der Waals surface area (Å²) in [7, 11) is 0. The second kappa shape index (κ2) is 4.73. The van der Waals surface area contributed by atoms with Crippen LogP contribution in [0.25, 0.3) is 0 Å². The molecule has 0 aliphatic heterocycles. The fourth-order valence-corrected chi connectivity index (χ4v) is 2.42. The van der Waals surface area contributed by atoms with E-state index in [-0.39, 0.29) is 11.0 Å². The third-order valence-electron chi connectivity index (χ3n) is 3.53. The highest BCUT2D eigenvalue weighted by atomic mass is 16.4. The van der Waals surface area contributed by atoms with E-state index in [9.17, 15) is 4.79 Å². The van der Waals surface area contributed by atoms with Crippen LogP contribution >= 0.6 is 0 Å². The number of pyridine rings is 1. The van der Waals surface area contributed by atoms with Crippen molar-refractivity contribution in [2.75, 3.05) is 11.9 Å². The molecule has 0 atom stereocenters. The monoisotopic (exact) mass is 234 g/mol. The zero-order valence-electron chi connectivity index (χ0n) is 10.1. The van der Waals surface area contributed by atoms with Crippen molar-refractivity contribution in [1.82, 2.24) is 4.98 Å². The van der Waals surface area contributed by atoms with Crippen LogP contribution in [0.2, 0.25) is 0 Å². The Kier molecular flexibility index (Phi) is 3.31. The van der Waals surface area contributed by atoms with Gasteiger partial charge in [0, 0.05) is 12.7 Å². The van der Waals surface area contributed by atoms with E-state index in [0.29, 0.717) is 5.82 Å². The SMILES string of the molecule is CC1(CNc2ncccc2C(=O)O)CCCC1. The van der Waals surface area contributed by atoms with Crippen molar-refractivity contribution in [2.45, 2.75) is 32.6 Å². The molecule has 17 heavy (non-hydrogen) atoms. The minimum atomic E-state index is -0.933. The number of hydrogen-bond donors (Lipinski definition) is 2. The number of nitrogens with zero attached hydrogens (tertiary/aromatic N) is 1. The van der Waals surface area contributed by atoms with Crippen LogP contribution in [0.15, 0.2) is 18.3 Å². The Morgan fingerprint density at radius 1 is 1.53 bits per heavy atom. The molecule has 1 aliphatic carbocycles. The fourth-order valence-electron chi connectivity index (χ4n) is 2.42. The van der Waals surface area contributed by atoms with E-state index < -0.39 is 5.97 Å². The summed E-state index contributed by atoms with van der Waals surface area (Å²) in [5.41, 5.74) is 0.530. The number of aromatic carboxylic acids is 1. The first-order valence-corrected chi connectivity index (χ1v) is 6.03. The lowest BCUT2D eigenvalue weighted by molar-refractivity contribution is 0.0697. The molecule has 1 aliphatic rings. The van der Waals surface area contributed by atoms with Crippen molar-refractivity contribution < 1.29 is 9.90 Å². The van der Waals surface area contributed by atoms with Gasteiger partial charge in [-0.05, 0) is 30.4 Å². The molecular weight excluding hydrogens is 216 g/mol. The van der Waals surface area contributed by atoms with Crippen molar-refractivity contribution >= 4 is 11.8 Å². The van der Waals surface area contributed by atoms with Gasteiger partial charge in [0.15, 0.2) is 0 Å². The lowest BCUT2D eigenvalue weighted by atomic mass is 9.89. The average Bonchev–Trinajstić information content (AvgIpc) is 2.74. The van der Waals surface area contributed by atoms with Crippen molar-refractivity contribution in [3.8, 4) is 0 Å². The number of carboxylic acid groups (broad SMARTS) is 1. The number of hydrogen-bond acceptors (Lipinski definition) is 3. The lowest BCUT2D eigenvalue weighted by Gasteiger charge is -2.24. The summed E-state index contributed by atoms with van der Waals surface area (Å²) in [6.45, 7) is 3.04. The summed E-state index contributed by atoms with van der Waals surface area (Å²) in [5.74, 6) is -0.453. The smallest absolute Gasteiger partial charge is 0.339 e. The molecule has 1 fully saturated rings. The van der Waals surface area contributed by atoms with Crippen LogP contribution in [0, 0.1) is 5.41 Å².